The van der Waals surface area contributed by atoms with Crippen molar-refractivity contribution in [2.75, 3.05) is 18.1 Å². The van der Waals surface area contributed by atoms with Crippen molar-refractivity contribution in [3.63, 3.8) is 0 Å². The number of esters is 1. The number of carbonyl (C=O) groups is 1. The minimum absolute atomic E-state index is 0.00746. The Balaban J connectivity index is 0.963. The van der Waals surface area contributed by atoms with Gasteiger partial charge < -0.3 is 25.7 Å². The molecule has 6 nitrogen and oxygen atoms in total. The maximum atomic E-state index is 12.9. The highest BCUT2D eigenvalue weighted by atomic mass is 16.5. The molecule has 0 bridgehead atoms. The van der Waals surface area contributed by atoms with Gasteiger partial charge in [0.15, 0.2) is 0 Å². The van der Waals surface area contributed by atoms with Crippen LogP contribution in [0.2, 0.25) is 0 Å². The van der Waals surface area contributed by atoms with Crippen molar-refractivity contribution in [2.45, 2.75) is 194 Å². The zero-order valence-electron chi connectivity index (χ0n) is 37.2. The van der Waals surface area contributed by atoms with Crippen LogP contribution < -0.4 is 20.9 Å². The lowest BCUT2D eigenvalue weighted by molar-refractivity contribution is -0.164. The molecule has 324 valence electrons. The third kappa shape index (κ3) is 11.5. The van der Waals surface area contributed by atoms with Crippen LogP contribution >= 0.6 is 0 Å². The lowest BCUT2D eigenvalue weighted by atomic mass is 9.43. The van der Waals surface area contributed by atoms with Crippen LogP contribution in [0.1, 0.15) is 182 Å². The zero-order chi connectivity index (χ0) is 41.0. The van der Waals surface area contributed by atoms with E-state index in [1.165, 1.54) is 109 Å². The Morgan fingerprint density at radius 1 is 0.690 bits per heavy atom. The van der Waals surface area contributed by atoms with Crippen LogP contribution in [0.15, 0.2) is 48.5 Å². The van der Waals surface area contributed by atoms with E-state index in [4.69, 9.17) is 25.7 Å². The average molecular weight is 799 g/mol. The highest BCUT2D eigenvalue weighted by molar-refractivity contribution is 5.69. The van der Waals surface area contributed by atoms with Crippen LogP contribution in [0.3, 0.4) is 0 Å². The van der Waals surface area contributed by atoms with Gasteiger partial charge in [-0.25, -0.2) is 0 Å². The summed E-state index contributed by atoms with van der Waals surface area (Å²) in [4.78, 5) is 12.9. The molecule has 2 aromatic carbocycles. The van der Waals surface area contributed by atoms with Gasteiger partial charge in [0.05, 0.1) is 12.7 Å². The Kier molecular flexibility index (Phi) is 16.6. The standard InChI is InChI=1S/C52H82N2O4/c1-5-6-7-8-9-10-11-12-13-14-15-16-17-18-33-56-50(55)28-25-38(2)45-26-27-46-44-37-49(58-42-24-20-22-40(54)35-42)48-36-43(57-41-23-19-21-39(53)34-41)29-31-52(48,4)47(44)30-32-51(45,46)3/h19-24,34-35,38,43-49H,5-18,25-33,36-37,53-54H2,1-4H3/t38-,43?,44+,45-,46+,47+,48?,49?,51-,52-/m1/s1. The second kappa shape index (κ2) is 21.6. The highest BCUT2D eigenvalue weighted by Gasteiger charge is 2.63. The maximum absolute atomic E-state index is 12.9. The summed E-state index contributed by atoms with van der Waals surface area (Å²) in [7, 11) is 0. The van der Waals surface area contributed by atoms with Gasteiger partial charge in [0.2, 0.25) is 0 Å². The summed E-state index contributed by atoms with van der Waals surface area (Å²) < 4.78 is 19.4. The van der Waals surface area contributed by atoms with Crippen molar-refractivity contribution in [3.8, 4) is 11.5 Å². The number of ether oxygens (including phenoxy) is 3. The van der Waals surface area contributed by atoms with Crippen LogP contribution in [0.5, 0.6) is 11.5 Å². The van der Waals surface area contributed by atoms with E-state index in [-0.39, 0.29) is 23.6 Å². The lowest BCUT2D eigenvalue weighted by Crippen LogP contribution is -2.59. The monoisotopic (exact) mass is 799 g/mol. The molecule has 6 heteroatoms. The highest BCUT2D eigenvalue weighted by Crippen LogP contribution is 2.68. The molecule has 2 aromatic rings. The van der Waals surface area contributed by atoms with Crippen molar-refractivity contribution < 1.29 is 19.0 Å². The molecule has 0 amide bonds. The molecular weight excluding hydrogens is 717 g/mol. The third-order valence-corrected chi connectivity index (χ3v) is 16.2. The zero-order valence-corrected chi connectivity index (χ0v) is 37.2. The molecule has 4 saturated carbocycles. The number of anilines is 2. The second-order valence-electron chi connectivity index (χ2n) is 20.1. The number of nitrogens with two attached hydrogens (primary N) is 2. The Morgan fingerprint density at radius 2 is 1.26 bits per heavy atom. The number of benzene rings is 2. The minimum atomic E-state index is 0.00746. The van der Waals surface area contributed by atoms with Gasteiger partial charge in [-0.3, -0.25) is 4.79 Å². The Morgan fingerprint density at radius 3 is 1.88 bits per heavy atom. The molecule has 3 unspecified atom stereocenters. The van der Waals surface area contributed by atoms with Gasteiger partial charge in [-0.05, 0) is 129 Å². The van der Waals surface area contributed by atoms with Crippen LogP contribution in [-0.2, 0) is 9.53 Å². The van der Waals surface area contributed by atoms with Gasteiger partial charge in [-0.1, -0.05) is 123 Å². The number of nitrogen functional groups attached to an aromatic ring is 2. The van der Waals surface area contributed by atoms with Gasteiger partial charge in [-0.15, -0.1) is 0 Å². The van der Waals surface area contributed by atoms with Gasteiger partial charge in [0.25, 0.3) is 0 Å². The fourth-order valence-electron chi connectivity index (χ4n) is 13.1. The second-order valence-corrected chi connectivity index (χ2v) is 20.1. The van der Waals surface area contributed by atoms with Crippen molar-refractivity contribution in [3.05, 3.63) is 48.5 Å². The first-order chi connectivity index (χ1) is 28.1. The first kappa shape index (κ1) is 44.7. The maximum Gasteiger partial charge on any atom is 0.305 e. The Labute approximate surface area is 353 Å². The number of hydrogen-bond acceptors (Lipinski definition) is 6. The molecular formula is C52H82N2O4. The van der Waals surface area contributed by atoms with Gasteiger partial charge in [-0.2, -0.15) is 0 Å². The van der Waals surface area contributed by atoms with E-state index in [1.807, 2.05) is 42.5 Å². The van der Waals surface area contributed by atoms with Crippen molar-refractivity contribution >= 4 is 17.3 Å². The Bertz CT molecular complexity index is 1550. The molecule has 4 aliphatic rings. The predicted octanol–water partition coefficient (Wildman–Crippen LogP) is 13.8. The van der Waals surface area contributed by atoms with Crippen molar-refractivity contribution in [1.82, 2.24) is 0 Å². The third-order valence-electron chi connectivity index (χ3n) is 16.2. The summed E-state index contributed by atoms with van der Waals surface area (Å²) >= 11 is 0. The average Bonchev–Trinajstić information content (AvgIpc) is 3.56. The summed E-state index contributed by atoms with van der Waals surface area (Å²) in [6.07, 6.45) is 30.0. The predicted molar refractivity (Wildman–Crippen MR) is 241 cm³/mol. The molecule has 4 fully saturated rings. The molecule has 4 N–H and O–H groups in total. The van der Waals surface area contributed by atoms with E-state index < -0.39 is 0 Å². The normalized spacial score (nSPS) is 30.8. The van der Waals surface area contributed by atoms with E-state index in [0.717, 1.165) is 61.4 Å². The minimum Gasteiger partial charge on any atom is -0.490 e. The quantitative estimate of drug-likeness (QED) is 0.0660. The van der Waals surface area contributed by atoms with E-state index >= 15 is 0 Å². The van der Waals surface area contributed by atoms with E-state index in [9.17, 15) is 4.79 Å². The summed E-state index contributed by atoms with van der Waals surface area (Å²) in [5, 5.41) is 0. The first-order valence-electron chi connectivity index (χ1n) is 24.3. The summed E-state index contributed by atoms with van der Waals surface area (Å²) in [6.45, 7) is 10.5. The molecule has 0 radical (unpaired) electrons. The van der Waals surface area contributed by atoms with Crippen LogP contribution in [-0.4, -0.2) is 24.8 Å². The van der Waals surface area contributed by atoms with E-state index in [1.54, 1.807) is 0 Å². The SMILES string of the molecule is CCCCCCCCCCCCCCCCOC(=O)CC[C@@H](C)[C@H]1CC[C@H]2[C@@H]3CC(Oc4cccc(N)c4)C4CC(Oc5cccc(N)c5)CC[C@]4(C)[C@H]3CC[C@]12C. The number of unbranched alkanes of at least 4 members (excludes halogenated alkanes) is 13. The molecule has 0 aliphatic heterocycles. The summed E-state index contributed by atoms with van der Waals surface area (Å²) in [5.41, 5.74) is 14.4. The van der Waals surface area contributed by atoms with Crippen LogP contribution in [0, 0.1) is 46.3 Å². The first-order valence-corrected chi connectivity index (χ1v) is 24.3. The van der Waals surface area contributed by atoms with E-state index in [0.29, 0.717) is 54.0 Å². The van der Waals surface area contributed by atoms with Crippen molar-refractivity contribution in [1.29, 1.82) is 0 Å². The Hall–Kier alpha value is -2.89. The molecule has 0 saturated heterocycles. The largest absolute Gasteiger partial charge is 0.490 e. The van der Waals surface area contributed by atoms with E-state index in [2.05, 4.69) is 33.8 Å². The molecule has 58 heavy (non-hydrogen) atoms. The smallest absolute Gasteiger partial charge is 0.305 e. The van der Waals surface area contributed by atoms with Crippen LogP contribution in [0.25, 0.3) is 0 Å². The van der Waals surface area contributed by atoms with Crippen LogP contribution in [0.4, 0.5) is 11.4 Å². The number of carbonyl (C=O) groups excluding carboxylic acids is 1. The van der Waals surface area contributed by atoms with Gasteiger partial charge >= 0.3 is 5.97 Å². The lowest BCUT2D eigenvalue weighted by Gasteiger charge is -2.63. The molecule has 0 aromatic heterocycles. The fourth-order valence-corrected chi connectivity index (χ4v) is 13.1. The fraction of sp³-hybridized carbons (Fsp3) is 0.750. The molecule has 10 atom stereocenters. The topological polar surface area (TPSA) is 96.8 Å². The summed E-state index contributed by atoms with van der Waals surface area (Å²) in [6, 6.07) is 15.9. The number of rotatable bonds is 23. The molecule has 6 rings (SSSR count). The molecule has 0 spiro atoms. The summed E-state index contributed by atoms with van der Waals surface area (Å²) in [5.74, 6) is 5.37. The number of fused-ring (bicyclic) bond motifs is 5. The molecule has 4 aliphatic carbocycles. The molecule has 0 heterocycles. The van der Waals surface area contributed by atoms with Crippen molar-refractivity contribution in [2.24, 2.45) is 46.3 Å². The number of hydrogen-bond donors (Lipinski definition) is 2. The van der Waals surface area contributed by atoms with Gasteiger partial charge in [0.1, 0.15) is 17.6 Å². The van der Waals surface area contributed by atoms with Gasteiger partial charge in [0, 0.05) is 35.8 Å².